The zero-order valence-electron chi connectivity index (χ0n) is 13.5. The number of aliphatic hydroxyl groups is 1. The van der Waals surface area contributed by atoms with Gasteiger partial charge in [0, 0.05) is 30.7 Å². The van der Waals surface area contributed by atoms with Crippen LogP contribution in [0.15, 0.2) is 28.0 Å². The second-order valence-corrected chi connectivity index (χ2v) is 6.31. The number of aromatic nitrogens is 1. The molecule has 2 atom stereocenters. The van der Waals surface area contributed by atoms with Gasteiger partial charge in [0.05, 0.1) is 18.4 Å². The van der Waals surface area contributed by atoms with E-state index in [1.165, 1.54) is 0 Å². The molecule has 0 amide bonds. The molecule has 2 rings (SSSR count). The summed E-state index contributed by atoms with van der Waals surface area (Å²) >= 11 is 3.33. The highest BCUT2D eigenvalue weighted by molar-refractivity contribution is 9.10. The van der Waals surface area contributed by atoms with Gasteiger partial charge in [-0.25, -0.2) is 0 Å². The predicted molar refractivity (Wildman–Crippen MR) is 90.1 cm³/mol. The molecule has 0 saturated carbocycles. The Morgan fingerprint density at radius 1 is 1.50 bits per heavy atom. The van der Waals surface area contributed by atoms with E-state index in [1.54, 1.807) is 13.3 Å². The average molecular weight is 374 g/mol. The van der Waals surface area contributed by atoms with Gasteiger partial charge in [0.1, 0.15) is 11.8 Å². The van der Waals surface area contributed by atoms with Gasteiger partial charge in [-0.2, -0.15) is 0 Å². The van der Waals surface area contributed by atoms with Crippen LogP contribution in [0.2, 0.25) is 0 Å². The number of hydrogen-bond donors (Lipinski definition) is 1. The Morgan fingerprint density at radius 2 is 2.23 bits per heavy atom. The maximum atomic E-state index is 9.05. The van der Waals surface area contributed by atoms with Crippen molar-refractivity contribution in [3.63, 3.8) is 0 Å². The van der Waals surface area contributed by atoms with Crippen molar-refractivity contribution in [1.29, 1.82) is 0 Å². The minimum absolute atomic E-state index is 0.181. The maximum absolute atomic E-state index is 9.05. The summed E-state index contributed by atoms with van der Waals surface area (Å²) in [5.41, 5.74) is 1.83. The number of ether oxygens (including phenoxy) is 1. The Hall–Kier alpha value is -1.02. The van der Waals surface area contributed by atoms with Crippen molar-refractivity contribution in [3.8, 4) is 0 Å². The molecule has 1 aromatic rings. The summed E-state index contributed by atoms with van der Waals surface area (Å²) in [7, 11) is 5.41. The fourth-order valence-corrected chi connectivity index (χ4v) is 2.10. The first kappa shape index (κ1) is 19.0. The van der Waals surface area contributed by atoms with Crippen LogP contribution in [0.1, 0.15) is 19.0 Å². The van der Waals surface area contributed by atoms with Gasteiger partial charge in [-0.05, 0) is 49.1 Å². The first-order valence-corrected chi connectivity index (χ1v) is 7.88. The molecule has 0 spiro atoms. The van der Waals surface area contributed by atoms with E-state index in [0.29, 0.717) is 13.2 Å². The highest BCUT2D eigenvalue weighted by atomic mass is 79.9. The van der Waals surface area contributed by atoms with E-state index in [-0.39, 0.29) is 12.2 Å². The topological polar surface area (TPSA) is 67.2 Å². The Morgan fingerprint density at radius 3 is 2.68 bits per heavy atom. The van der Waals surface area contributed by atoms with Gasteiger partial charge < -0.3 is 19.6 Å². The van der Waals surface area contributed by atoms with Crippen LogP contribution in [0.4, 0.5) is 0 Å². The number of rotatable bonds is 5. The molecule has 1 aliphatic rings. The minimum atomic E-state index is -0.356. The molecule has 124 valence electrons. The van der Waals surface area contributed by atoms with E-state index >= 15 is 0 Å². The maximum Gasteiger partial charge on any atom is 0.130 e. The van der Waals surface area contributed by atoms with E-state index in [9.17, 15) is 0 Å². The lowest BCUT2D eigenvalue weighted by atomic mass is 10.1. The first-order chi connectivity index (χ1) is 10.4. The van der Waals surface area contributed by atoms with Gasteiger partial charge >= 0.3 is 0 Å². The van der Waals surface area contributed by atoms with E-state index in [2.05, 4.69) is 26.1 Å². The van der Waals surface area contributed by atoms with Gasteiger partial charge in [0.2, 0.25) is 0 Å². The van der Waals surface area contributed by atoms with Gasteiger partial charge in [0.25, 0.3) is 0 Å². The largest absolute Gasteiger partial charge is 0.392 e. The first-order valence-electron chi connectivity index (χ1n) is 7.08. The van der Waals surface area contributed by atoms with Crippen molar-refractivity contribution in [2.45, 2.75) is 25.6 Å². The molecule has 0 saturated heterocycles. The van der Waals surface area contributed by atoms with Crippen LogP contribution in [0.5, 0.6) is 0 Å². The zero-order chi connectivity index (χ0) is 16.5. The molecule has 6 nitrogen and oxygen atoms in total. The van der Waals surface area contributed by atoms with Crippen LogP contribution in [0, 0.1) is 0 Å². The zero-order valence-corrected chi connectivity index (χ0v) is 15.1. The number of methoxy groups -OCH3 is 1. The molecule has 0 aliphatic carbocycles. The summed E-state index contributed by atoms with van der Waals surface area (Å²) in [6, 6.07) is 3.89. The number of pyridine rings is 1. The van der Waals surface area contributed by atoms with E-state index in [1.807, 2.05) is 38.1 Å². The van der Waals surface area contributed by atoms with Gasteiger partial charge in [-0.1, -0.05) is 5.16 Å². The molecule has 0 bridgehead atoms. The quantitative estimate of drug-likeness (QED) is 0.853. The van der Waals surface area contributed by atoms with E-state index in [4.69, 9.17) is 14.7 Å². The second kappa shape index (κ2) is 9.89. The minimum Gasteiger partial charge on any atom is -0.392 e. The fraction of sp³-hybridized carbons (Fsp3) is 0.600. The fourth-order valence-electron chi connectivity index (χ4n) is 1.86. The highest BCUT2D eigenvalue weighted by Gasteiger charge is 2.18. The lowest BCUT2D eigenvalue weighted by molar-refractivity contribution is 0.0479. The Balaban J connectivity index is 0.000000239. The van der Waals surface area contributed by atoms with Crippen molar-refractivity contribution < 1.29 is 14.7 Å². The van der Waals surface area contributed by atoms with Crippen LogP contribution >= 0.6 is 15.9 Å². The molecule has 0 aromatic carbocycles. The van der Waals surface area contributed by atoms with Crippen molar-refractivity contribution in [1.82, 2.24) is 9.88 Å². The van der Waals surface area contributed by atoms with Crippen molar-refractivity contribution in [2.75, 3.05) is 34.4 Å². The third-order valence-corrected chi connectivity index (χ3v) is 3.25. The van der Waals surface area contributed by atoms with Crippen LogP contribution in [-0.2, 0) is 9.57 Å². The van der Waals surface area contributed by atoms with Gasteiger partial charge in [-0.15, -0.1) is 0 Å². The van der Waals surface area contributed by atoms with Crippen molar-refractivity contribution in [2.24, 2.45) is 5.16 Å². The number of nitrogens with zero attached hydrogens (tertiary/aromatic N) is 3. The second-order valence-electron chi connectivity index (χ2n) is 5.39. The highest BCUT2D eigenvalue weighted by Crippen LogP contribution is 2.16. The smallest absolute Gasteiger partial charge is 0.130 e. The summed E-state index contributed by atoms with van der Waals surface area (Å²) in [4.78, 5) is 11.2. The van der Waals surface area contributed by atoms with Gasteiger partial charge in [0.15, 0.2) is 0 Å². The molecular weight excluding hydrogens is 350 g/mol. The summed E-state index contributed by atoms with van der Waals surface area (Å²) < 4.78 is 5.70. The molecule has 7 heteroatoms. The number of aliphatic hydroxyl groups excluding tert-OH is 1. The molecule has 1 N–H and O–H groups in total. The van der Waals surface area contributed by atoms with Crippen LogP contribution in [0.25, 0.3) is 0 Å². The molecule has 1 aromatic heterocycles. The number of likely N-dealkylation sites (N-methyl/N-ethyl adjacent to an activating group) is 1. The Kier molecular flexibility index (Phi) is 8.55. The molecule has 0 radical (unpaired) electrons. The van der Waals surface area contributed by atoms with Gasteiger partial charge in [-0.3, -0.25) is 4.98 Å². The molecule has 2 unspecified atom stereocenters. The van der Waals surface area contributed by atoms with Crippen LogP contribution in [0.3, 0.4) is 0 Å². The van der Waals surface area contributed by atoms with Crippen LogP contribution in [-0.4, -0.2) is 67.3 Å². The van der Waals surface area contributed by atoms with Crippen molar-refractivity contribution >= 4 is 21.6 Å². The molecule has 0 fully saturated rings. The number of hydrogen-bond acceptors (Lipinski definition) is 6. The number of halogens is 1. The number of oxime groups is 1. The van der Waals surface area contributed by atoms with E-state index < -0.39 is 0 Å². The predicted octanol–water partition coefficient (Wildman–Crippen LogP) is 1.91. The third-order valence-electron chi connectivity index (χ3n) is 2.78. The summed E-state index contributed by atoms with van der Waals surface area (Å²) in [6.45, 7) is 3.07. The SMILES string of the molecule is CC1CC(c2ccc(Br)cn2)=NO1.COCC(O)CN(C)C. The lowest BCUT2D eigenvalue weighted by Gasteiger charge is -2.14. The molecular formula is C15H24BrN3O3. The Labute approximate surface area is 140 Å². The molecule has 2 heterocycles. The monoisotopic (exact) mass is 373 g/mol. The standard InChI is InChI=1S/C9H9BrN2O.C6H15NO2/c1-6-4-9(12-13-6)8-3-2-7(10)5-11-8;1-7(2)4-6(8)5-9-3/h2-3,5-6H,4H2,1H3;6,8H,4-5H2,1-3H3. The normalized spacial score (nSPS) is 18.3. The molecule has 22 heavy (non-hydrogen) atoms. The summed E-state index contributed by atoms with van der Waals surface area (Å²) in [6.07, 6.45) is 2.43. The average Bonchev–Trinajstić information content (AvgIpc) is 2.86. The third kappa shape index (κ3) is 7.31. The lowest BCUT2D eigenvalue weighted by Crippen LogP contribution is -2.29. The summed E-state index contributed by atoms with van der Waals surface area (Å²) in [5.74, 6) is 0. The van der Waals surface area contributed by atoms with E-state index in [0.717, 1.165) is 22.3 Å². The van der Waals surface area contributed by atoms with Crippen molar-refractivity contribution in [3.05, 3.63) is 28.5 Å². The van der Waals surface area contributed by atoms with Crippen LogP contribution < -0.4 is 0 Å². The summed E-state index contributed by atoms with van der Waals surface area (Å²) in [5, 5.41) is 13.0. The molecule has 1 aliphatic heterocycles. The Bertz CT molecular complexity index is 466.